The Bertz CT molecular complexity index is 536. The Morgan fingerprint density at radius 3 is 3.00 bits per heavy atom. The van der Waals surface area contributed by atoms with Gasteiger partial charge in [0, 0.05) is 25.2 Å². The van der Waals surface area contributed by atoms with Gasteiger partial charge < -0.3 is 10.6 Å². The maximum absolute atomic E-state index is 9.08. The zero-order valence-electron chi connectivity index (χ0n) is 11.9. The predicted molar refractivity (Wildman–Crippen MR) is 79.4 cm³/mol. The fourth-order valence-electron chi connectivity index (χ4n) is 3.38. The lowest BCUT2D eigenvalue weighted by atomic mass is 9.97. The number of piperidine rings is 1. The van der Waals surface area contributed by atoms with E-state index in [0.29, 0.717) is 23.5 Å². The second kappa shape index (κ2) is 5.29. The lowest BCUT2D eigenvalue weighted by Crippen LogP contribution is -2.59. The molecule has 1 aromatic heterocycles. The highest BCUT2D eigenvalue weighted by atomic mass is 15.3. The van der Waals surface area contributed by atoms with Gasteiger partial charge in [-0.25, -0.2) is 4.98 Å². The van der Waals surface area contributed by atoms with Gasteiger partial charge in [-0.1, -0.05) is 6.42 Å². The Morgan fingerprint density at radius 1 is 1.35 bits per heavy atom. The quantitative estimate of drug-likeness (QED) is 0.840. The van der Waals surface area contributed by atoms with E-state index in [9.17, 15) is 0 Å². The predicted octanol–water partition coefficient (Wildman–Crippen LogP) is 1.60. The van der Waals surface area contributed by atoms with Gasteiger partial charge in [-0.05, 0) is 38.4 Å². The van der Waals surface area contributed by atoms with Crippen LogP contribution in [0.25, 0.3) is 0 Å². The second-order valence-corrected chi connectivity index (χ2v) is 5.87. The summed E-state index contributed by atoms with van der Waals surface area (Å²) in [5, 5.41) is 9.08. The van der Waals surface area contributed by atoms with Crippen molar-refractivity contribution in [2.24, 2.45) is 0 Å². The van der Waals surface area contributed by atoms with Crippen LogP contribution in [0.2, 0.25) is 0 Å². The van der Waals surface area contributed by atoms with Crippen LogP contribution in [0.1, 0.15) is 31.9 Å². The summed E-state index contributed by atoms with van der Waals surface area (Å²) in [4.78, 5) is 9.35. The van der Waals surface area contributed by atoms with Crippen molar-refractivity contribution in [1.82, 2.24) is 9.88 Å². The minimum absolute atomic E-state index is 0.334. The molecule has 0 bridgehead atoms. The van der Waals surface area contributed by atoms with Crippen LogP contribution in [0.3, 0.4) is 0 Å². The molecule has 0 aliphatic carbocycles. The number of nitrogens with two attached hydrogens (primary N) is 1. The number of anilines is 2. The number of hydrogen-bond donors (Lipinski definition) is 1. The van der Waals surface area contributed by atoms with E-state index in [1.165, 1.54) is 25.8 Å². The molecule has 2 unspecified atom stereocenters. The first-order valence-electron chi connectivity index (χ1n) is 7.36. The Labute approximate surface area is 120 Å². The Hall–Kier alpha value is -1.80. The molecule has 2 aliphatic rings. The molecule has 0 aromatic carbocycles. The number of nitrogen functional groups attached to an aromatic ring is 1. The van der Waals surface area contributed by atoms with Crippen molar-refractivity contribution in [2.75, 3.05) is 30.3 Å². The third kappa shape index (κ3) is 2.32. The molecule has 5 heteroatoms. The first-order chi connectivity index (χ1) is 9.69. The molecular formula is C15H21N5. The Balaban J connectivity index is 1.84. The van der Waals surface area contributed by atoms with E-state index < -0.39 is 0 Å². The number of nitrogens with zero attached hydrogens (tertiary/aromatic N) is 4. The highest BCUT2D eigenvalue weighted by Gasteiger charge is 2.33. The molecule has 0 saturated carbocycles. The average molecular weight is 271 g/mol. The number of rotatable bonds is 1. The Morgan fingerprint density at radius 2 is 2.20 bits per heavy atom. The molecule has 3 heterocycles. The lowest BCUT2D eigenvalue weighted by molar-refractivity contribution is 0.115. The minimum atomic E-state index is 0.334. The van der Waals surface area contributed by atoms with Crippen molar-refractivity contribution < 1.29 is 0 Å². The highest BCUT2D eigenvalue weighted by Crippen LogP contribution is 2.27. The molecule has 2 aliphatic heterocycles. The molecule has 2 N–H and O–H groups in total. The molecule has 0 amide bonds. The van der Waals surface area contributed by atoms with Crippen LogP contribution in [-0.2, 0) is 0 Å². The van der Waals surface area contributed by atoms with Crippen LogP contribution in [0.4, 0.5) is 11.5 Å². The van der Waals surface area contributed by atoms with Crippen LogP contribution >= 0.6 is 0 Å². The molecule has 2 atom stereocenters. The molecule has 0 radical (unpaired) electrons. The monoisotopic (exact) mass is 271 g/mol. The van der Waals surface area contributed by atoms with E-state index in [0.717, 1.165) is 18.9 Å². The third-order valence-corrected chi connectivity index (χ3v) is 4.50. The van der Waals surface area contributed by atoms with Gasteiger partial charge in [0.25, 0.3) is 0 Å². The molecule has 2 fully saturated rings. The van der Waals surface area contributed by atoms with Crippen LogP contribution < -0.4 is 10.6 Å². The number of piperazine rings is 1. The van der Waals surface area contributed by atoms with Gasteiger partial charge in [0.15, 0.2) is 5.69 Å². The first kappa shape index (κ1) is 13.2. The van der Waals surface area contributed by atoms with Gasteiger partial charge in [0.2, 0.25) is 0 Å². The summed E-state index contributed by atoms with van der Waals surface area (Å²) in [6.45, 7) is 5.54. The maximum Gasteiger partial charge on any atom is 0.165 e. The molecule has 20 heavy (non-hydrogen) atoms. The SMILES string of the molecule is CC1CN2CCCCC2CN1c1ccc(N)c(C#N)n1. The van der Waals surface area contributed by atoms with Gasteiger partial charge >= 0.3 is 0 Å². The summed E-state index contributed by atoms with van der Waals surface area (Å²) in [5.74, 6) is 0.883. The fourth-order valence-corrected chi connectivity index (χ4v) is 3.38. The van der Waals surface area contributed by atoms with Gasteiger partial charge in [-0.2, -0.15) is 5.26 Å². The number of nitriles is 1. The zero-order chi connectivity index (χ0) is 14.1. The maximum atomic E-state index is 9.08. The fraction of sp³-hybridized carbons (Fsp3) is 0.600. The average Bonchev–Trinajstić information content (AvgIpc) is 2.47. The van der Waals surface area contributed by atoms with Crippen molar-refractivity contribution >= 4 is 11.5 Å². The largest absolute Gasteiger partial charge is 0.396 e. The van der Waals surface area contributed by atoms with E-state index in [-0.39, 0.29) is 0 Å². The first-order valence-corrected chi connectivity index (χ1v) is 7.36. The molecule has 2 saturated heterocycles. The molecule has 106 valence electrons. The summed E-state index contributed by atoms with van der Waals surface area (Å²) >= 11 is 0. The van der Waals surface area contributed by atoms with Crippen molar-refractivity contribution in [1.29, 1.82) is 5.26 Å². The second-order valence-electron chi connectivity index (χ2n) is 5.87. The lowest BCUT2D eigenvalue weighted by Gasteiger charge is -2.48. The molecule has 3 rings (SSSR count). The number of fused-ring (bicyclic) bond motifs is 1. The van der Waals surface area contributed by atoms with E-state index in [1.54, 1.807) is 6.07 Å². The van der Waals surface area contributed by atoms with E-state index in [2.05, 4.69) is 27.8 Å². The number of hydrogen-bond acceptors (Lipinski definition) is 5. The Kier molecular flexibility index (Phi) is 3.49. The minimum Gasteiger partial charge on any atom is -0.396 e. The molecule has 0 spiro atoms. The molecule has 1 aromatic rings. The number of pyridine rings is 1. The summed E-state index contributed by atoms with van der Waals surface area (Å²) in [7, 11) is 0. The van der Waals surface area contributed by atoms with Crippen LogP contribution in [0.5, 0.6) is 0 Å². The van der Waals surface area contributed by atoms with Crippen molar-refractivity contribution in [3.63, 3.8) is 0 Å². The van der Waals surface area contributed by atoms with Crippen LogP contribution in [0.15, 0.2) is 12.1 Å². The van der Waals surface area contributed by atoms with E-state index in [4.69, 9.17) is 11.0 Å². The van der Waals surface area contributed by atoms with Crippen LogP contribution in [0, 0.1) is 11.3 Å². The smallest absolute Gasteiger partial charge is 0.165 e. The summed E-state index contributed by atoms with van der Waals surface area (Å²) in [5.41, 5.74) is 6.55. The summed E-state index contributed by atoms with van der Waals surface area (Å²) in [6, 6.07) is 6.85. The van der Waals surface area contributed by atoms with Gasteiger partial charge in [0.05, 0.1) is 5.69 Å². The third-order valence-electron chi connectivity index (χ3n) is 4.50. The molecule has 5 nitrogen and oxygen atoms in total. The van der Waals surface area contributed by atoms with Crippen LogP contribution in [-0.4, -0.2) is 41.6 Å². The standard InChI is InChI=1S/C15H21N5/c1-11-9-19-7-3-2-4-12(19)10-20(11)15-6-5-13(17)14(8-16)18-15/h5-6,11-12H,2-4,7,9-10,17H2,1H3. The zero-order valence-corrected chi connectivity index (χ0v) is 11.9. The van der Waals surface area contributed by atoms with Gasteiger partial charge in [-0.15, -0.1) is 0 Å². The normalized spacial score (nSPS) is 26.9. The highest BCUT2D eigenvalue weighted by molar-refractivity contribution is 5.56. The topological polar surface area (TPSA) is 69.2 Å². The summed E-state index contributed by atoms with van der Waals surface area (Å²) < 4.78 is 0. The van der Waals surface area contributed by atoms with Gasteiger partial charge in [0.1, 0.15) is 11.9 Å². The van der Waals surface area contributed by atoms with Crippen molar-refractivity contribution in [2.45, 2.75) is 38.3 Å². The number of aromatic nitrogens is 1. The van der Waals surface area contributed by atoms with E-state index in [1.807, 2.05) is 6.07 Å². The molecular weight excluding hydrogens is 250 g/mol. The van der Waals surface area contributed by atoms with Gasteiger partial charge in [-0.3, -0.25) is 4.90 Å². The van der Waals surface area contributed by atoms with Crippen molar-refractivity contribution in [3.8, 4) is 6.07 Å². The summed E-state index contributed by atoms with van der Waals surface area (Å²) in [6.07, 6.45) is 3.91. The van der Waals surface area contributed by atoms with Crippen molar-refractivity contribution in [3.05, 3.63) is 17.8 Å². The van der Waals surface area contributed by atoms with E-state index >= 15 is 0 Å².